The van der Waals surface area contributed by atoms with E-state index in [1.807, 2.05) is 19.9 Å². The fourth-order valence-corrected chi connectivity index (χ4v) is 1.56. The molecule has 0 aliphatic heterocycles. The molecule has 1 rings (SSSR count). The summed E-state index contributed by atoms with van der Waals surface area (Å²) in [4.78, 5) is 4.09. The number of rotatable bonds is 7. The number of thiocarbonyl (C=S) groups is 1. The first kappa shape index (κ1) is 15.7. The molecule has 0 aliphatic rings. The van der Waals surface area contributed by atoms with Crippen LogP contribution in [-0.4, -0.2) is 36.5 Å². The number of aromatic nitrogens is 1. The Morgan fingerprint density at radius 1 is 1.42 bits per heavy atom. The van der Waals surface area contributed by atoms with Crippen molar-refractivity contribution in [2.75, 3.05) is 25.6 Å². The van der Waals surface area contributed by atoms with Crippen molar-refractivity contribution < 1.29 is 9.47 Å². The van der Waals surface area contributed by atoms with E-state index in [1.54, 1.807) is 19.4 Å². The third-order valence-corrected chi connectivity index (χ3v) is 2.51. The molecule has 1 aromatic heterocycles. The number of pyridine rings is 1. The fourth-order valence-electron chi connectivity index (χ4n) is 1.34. The van der Waals surface area contributed by atoms with Gasteiger partial charge in [0.25, 0.3) is 0 Å². The molecule has 0 aliphatic carbocycles. The Hall–Kier alpha value is -1.40. The molecule has 0 spiro atoms. The van der Waals surface area contributed by atoms with Crippen LogP contribution in [0.3, 0.4) is 0 Å². The first-order valence-corrected chi connectivity index (χ1v) is 6.69. The molecule has 106 valence electrons. The Labute approximate surface area is 119 Å². The number of anilines is 1. The number of nitrogens with one attached hydrogen (secondary N) is 2. The Morgan fingerprint density at radius 2 is 2.21 bits per heavy atom. The maximum Gasteiger partial charge on any atom is 0.213 e. The zero-order chi connectivity index (χ0) is 14.1. The van der Waals surface area contributed by atoms with Gasteiger partial charge >= 0.3 is 0 Å². The Balaban J connectivity index is 2.19. The van der Waals surface area contributed by atoms with Gasteiger partial charge in [-0.3, -0.25) is 0 Å². The van der Waals surface area contributed by atoms with E-state index in [4.69, 9.17) is 21.7 Å². The minimum Gasteiger partial charge on any atom is -0.481 e. The molecule has 0 amide bonds. The summed E-state index contributed by atoms with van der Waals surface area (Å²) in [6, 6.07) is 3.64. The third kappa shape index (κ3) is 6.93. The quantitative estimate of drug-likeness (QED) is 0.591. The van der Waals surface area contributed by atoms with Crippen molar-refractivity contribution in [3.8, 4) is 5.88 Å². The van der Waals surface area contributed by atoms with E-state index in [9.17, 15) is 0 Å². The molecule has 2 N–H and O–H groups in total. The first-order valence-electron chi connectivity index (χ1n) is 6.28. The van der Waals surface area contributed by atoms with Crippen molar-refractivity contribution in [1.82, 2.24) is 10.3 Å². The minimum absolute atomic E-state index is 0.274. The van der Waals surface area contributed by atoms with Crippen molar-refractivity contribution in [3.63, 3.8) is 0 Å². The molecule has 1 aromatic rings. The first-order chi connectivity index (χ1) is 9.11. The summed E-state index contributed by atoms with van der Waals surface area (Å²) in [7, 11) is 1.58. The second-order valence-corrected chi connectivity index (χ2v) is 4.65. The standard InChI is InChI=1S/C13H21N3O2S/c1-10(2)18-8-4-7-14-13(19)16-11-5-6-12(17-3)15-9-11/h5-6,9-10H,4,7-8H2,1-3H3,(H2,14,16,19). The van der Waals surface area contributed by atoms with E-state index >= 15 is 0 Å². The molecule has 0 radical (unpaired) electrons. The van der Waals surface area contributed by atoms with Crippen molar-refractivity contribution in [2.24, 2.45) is 0 Å². The van der Waals surface area contributed by atoms with Crippen molar-refractivity contribution in [2.45, 2.75) is 26.4 Å². The van der Waals surface area contributed by atoms with Crippen LogP contribution in [0, 0.1) is 0 Å². The summed E-state index contributed by atoms with van der Waals surface area (Å²) >= 11 is 5.18. The van der Waals surface area contributed by atoms with E-state index in [-0.39, 0.29) is 6.10 Å². The van der Waals surface area contributed by atoms with Gasteiger partial charge in [0.15, 0.2) is 5.11 Å². The zero-order valence-corrected chi connectivity index (χ0v) is 12.4. The molecule has 6 heteroatoms. The van der Waals surface area contributed by atoms with Gasteiger partial charge in [-0.25, -0.2) is 4.98 Å². The van der Waals surface area contributed by atoms with E-state index in [0.717, 1.165) is 25.3 Å². The molecule has 0 saturated carbocycles. The van der Waals surface area contributed by atoms with Crippen molar-refractivity contribution in [1.29, 1.82) is 0 Å². The average molecular weight is 283 g/mol. The van der Waals surface area contributed by atoms with Crippen LogP contribution in [0.25, 0.3) is 0 Å². The van der Waals surface area contributed by atoms with Crippen LogP contribution in [0.5, 0.6) is 5.88 Å². The van der Waals surface area contributed by atoms with Gasteiger partial charge in [0.1, 0.15) is 0 Å². The average Bonchev–Trinajstić information content (AvgIpc) is 2.39. The second-order valence-electron chi connectivity index (χ2n) is 4.24. The Bertz CT molecular complexity index is 382. The maximum absolute atomic E-state index is 5.44. The molecule has 0 atom stereocenters. The highest BCUT2D eigenvalue weighted by molar-refractivity contribution is 7.80. The monoisotopic (exact) mass is 283 g/mol. The summed E-state index contributed by atoms with van der Waals surface area (Å²) < 4.78 is 10.4. The van der Waals surface area contributed by atoms with Crippen LogP contribution in [0.4, 0.5) is 5.69 Å². The van der Waals surface area contributed by atoms with E-state index in [2.05, 4.69) is 15.6 Å². The van der Waals surface area contributed by atoms with Gasteiger partial charge in [-0.15, -0.1) is 0 Å². The third-order valence-electron chi connectivity index (χ3n) is 2.26. The lowest BCUT2D eigenvalue weighted by Crippen LogP contribution is -2.30. The lowest BCUT2D eigenvalue weighted by molar-refractivity contribution is 0.0777. The molecule has 0 unspecified atom stereocenters. The lowest BCUT2D eigenvalue weighted by Gasteiger charge is -2.11. The number of hydrogen-bond donors (Lipinski definition) is 2. The highest BCUT2D eigenvalue weighted by atomic mass is 32.1. The number of ether oxygens (including phenoxy) is 2. The summed E-state index contributed by atoms with van der Waals surface area (Å²) in [6.07, 6.45) is 2.87. The fraction of sp³-hybridized carbons (Fsp3) is 0.538. The van der Waals surface area contributed by atoms with Gasteiger partial charge < -0.3 is 20.1 Å². The van der Waals surface area contributed by atoms with E-state index < -0.39 is 0 Å². The number of methoxy groups -OCH3 is 1. The van der Waals surface area contributed by atoms with Crippen molar-refractivity contribution >= 4 is 23.0 Å². The molecule has 0 saturated heterocycles. The largest absolute Gasteiger partial charge is 0.481 e. The molecule has 0 aromatic carbocycles. The molecule has 1 heterocycles. The van der Waals surface area contributed by atoms with Gasteiger partial charge in [0.2, 0.25) is 5.88 Å². The smallest absolute Gasteiger partial charge is 0.213 e. The normalized spacial score (nSPS) is 10.3. The van der Waals surface area contributed by atoms with Gasteiger partial charge in [-0.2, -0.15) is 0 Å². The molecule has 0 fully saturated rings. The summed E-state index contributed by atoms with van der Waals surface area (Å²) in [6.45, 7) is 5.56. The second kappa shape index (κ2) is 8.66. The van der Waals surface area contributed by atoms with E-state index in [1.165, 1.54) is 0 Å². The topological polar surface area (TPSA) is 55.4 Å². The highest BCUT2D eigenvalue weighted by Crippen LogP contribution is 2.10. The van der Waals surface area contributed by atoms with Crippen LogP contribution in [-0.2, 0) is 4.74 Å². The molecule has 19 heavy (non-hydrogen) atoms. The SMILES string of the molecule is COc1ccc(NC(=S)NCCCOC(C)C)cn1. The minimum atomic E-state index is 0.274. The van der Waals surface area contributed by atoms with Crippen LogP contribution < -0.4 is 15.4 Å². The van der Waals surface area contributed by atoms with Gasteiger partial charge in [0, 0.05) is 19.2 Å². The highest BCUT2D eigenvalue weighted by Gasteiger charge is 1.99. The van der Waals surface area contributed by atoms with Gasteiger partial charge in [0.05, 0.1) is 25.1 Å². The molecule has 0 bridgehead atoms. The van der Waals surface area contributed by atoms with Gasteiger partial charge in [-0.05, 0) is 38.6 Å². The Kier molecular flexibility index (Phi) is 7.14. The van der Waals surface area contributed by atoms with Gasteiger partial charge in [-0.1, -0.05) is 0 Å². The zero-order valence-electron chi connectivity index (χ0n) is 11.6. The van der Waals surface area contributed by atoms with Crippen molar-refractivity contribution in [3.05, 3.63) is 18.3 Å². The number of hydrogen-bond acceptors (Lipinski definition) is 4. The molecular weight excluding hydrogens is 262 g/mol. The lowest BCUT2D eigenvalue weighted by atomic mass is 10.4. The van der Waals surface area contributed by atoms with Crippen LogP contribution >= 0.6 is 12.2 Å². The predicted molar refractivity (Wildman–Crippen MR) is 80.7 cm³/mol. The Morgan fingerprint density at radius 3 is 2.79 bits per heavy atom. The van der Waals surface area contributed by atoms with Crippen LogP contribution in [0.1, 0.15) is 20.3 Å². The maximum atomic E-state index is 5.44. The van der Waals surface area contributed by atoms with Crippen LogP contribution in [0.15, 0.2) is 18.3 Å². The summed E-state index contributed by atoms with van der Waals surface area (Å²) in [5, 5.41) is 6.75. The molecule has 5 nitrogen and oxygen atoms in total. The summed E-state index contributed by atoms with van der Waals surface area (Å²) in [5.41, 5.74) is 0.830. The number of nitrogens with zero attached hydrogens (tertiary/aromatic N) is 1. The molecular formula is C13H21N3O2S. The van der Waals surface area contributed by atoms with E-state index in [0.29, 0.717) is 11.0 Å². The van der Waals surface area contributed by atoms with Crippen LogP contribution in [0.2, 0.25) is 0 Å². The summed E-state index contributed by atoms with van der Waals surface area (Å²) in [5.74, 6) is 0.579. The predicted octanol–water partition coefficient (Wildman–Crippen LogP) is 2.19.